The minimum absolute atomic E-state index is 0.558. The third-order valence-corrected chi connectivity index (χ3v) is 5.84. The first kappa shape index (κ1) is 17.9. The molecule has 24 heavy (non-hydrogen) atoms. The van der Waals surface area contributed by atoms with E-state index < -0.39 is 0 Å². The van der Waals surface area contributed by atoms with Crippen molar-refractivity contribution in [1.82, 2.24) is 24.8 Å². The highest BCUT2D eigenvalue weighted by Gasteiger charge is 2.25. The Hall–Kier alpha value is -0.940. The standard InChI is InChI=1S/C19H35N5/c1-3-5-8-18-16-24(21-20-18)19-9-12-23(13-10-19)15-17-7-6-11-22(4-2)14-17/h16-17,19H,3-15H2,1-2H3/t17-/m1/s1. The van der Waals surface area contributed by atoms with E-state index in [1.54, 1.807) is 0 Å². The summed E-state index contributed by atoms with van der Waals surface area (Å²) in [5.74, 6) is 0.877. The highest BCUT2D eigenvalue weighted by Crippen LogP contribution is 2.24. The van der Waals surface area contributed by atoms with Crippen molar-refractivity contribution in [2.24, 2.45) is 5.92 Å². The SMILES string of the molecule is CCCCc1cn(C2CCN(C[C@@H]3CCCN(CC)C3)CC2)nn1. The molecule has 2 aliphatic rings. The lowest BCUT2D eigenvalue weighted by molar-refractivity contribution is 0.111. The van der Waals surface area contributed by atoms with Crippen molar-refractivity contribution in [3.8, 4) is 0 Å². The zero-order valence-electron chi connectivity index (χ0n) is 15.7. The van der Waals surface area contributed by atoms with Crippen LogP contribution < -0.4 is 0 Å². The lowest BCUT2D eigenvalue weighted by Gasteiger charge is -2.38. The normalized spacial score (nSPS) is 24.5. The van der Waals surface area contributed by atoms with Crippen LogP contribution in [0.4, 0.5) is 0 Å². The number of aromatic nitrogens is 3. The molecule has 0 aliphatic carbocycles. The number of unbranched alkanes of at least 4 members (excludes halogenated alkanes) is 1. The molecule has 0 spiro atoms. The van der Waals surface area contributed by atoms with Gasteiger partial charge in [0.15, 0.2) is 0 Å². The number of nitrogens with zero attached hydrogens (tertiary/aromatic N) is 5. The molecule has 5 nitrogen and oxygen atoms in total. The molecule has 1 atom stereocenters. The first-order chi connectivity index (χ1) is 11.8. The fraction of sp³-hybridized carbons (Fsp3) is 0.895. The van der Waals surface area contributed by atoms with E-state index in [9.17, 15) is 0 Å². The molecule has 2 fully saturated rings. The molecule has 0 radical (unpaired) electrons. The zero-order chi connectivity index (χ0) is 16.8. The highest BCUT2D eigenvalue weighted by molar-refractivity contribution is 4.94. The Kier molecular flexibility index (Phi) is 6.67. The Labute approximate surface area is 147 Å². The van der Waals surface area contributed by atoms with Crippen LogP contribution in [0.1, 0.15) is 64.1 Å². The molecule has 3 heterocycles. The van der Waals surface area contributed by atoms with Crippen LogP contribution in [0, 0.1) is 5.92 Å². The van der Waals surface area contributed by atoms with Crippen molar-refractivity contribution >= 4 is 0 Å². The molecule has 0 aromatic carbocycles. The number of aryl methyl sites for hydroxylation is 1. The fourth-order valence-corrected chi connectivity index (χ4v) is 4.28. The topological polar surface area (TPSA) is 37.2 Å². The molecule has 0 saturated carbocycles. The quantitative estimate of drug-likeness (QED) is 0.769. The van der Waals surface area contributed by atoms with E-state index in [0.29, 0.717) is 6.04 Å². The minimum Gasteiger partial charge on any atom is -0.303 e. The number of rotatable bonds is 7. The second kappa shape index (κ2) is 8.95. The summed E-state index contributed by atoms with van der Waals surface area (Å²) in [6, 6.07) is 0.558. The highest BCUT2D eigenvalue weighted by atomic mass is 15.4. The third-order valence-electron chi connectivity index (χ3n) is 5.84. The molecule has 0 N–H and O–H groups in total. The van der Waals surface area contributed by atoms with Crippen molar-refractivity contribution < 1.29 is 0 Å². The van der Waals surface area contributed by atoms with Gasteiger partial charge in [-0.15, -0.1) is 5.10 Å². The van der Waals surface area contributed by atoms with Gasteiger partial charge in [-0.25, -0.2) is 4.68 Å². The molecule has 0 unspecified atom stereocenters. The largest absolute Gasteiger partial charge is 0.303 e. The van der Waals surface area contributed by atoms with E-state index in [1.165, 1.54) is 83.5 Å². The number of hydrogen-bond acceptors (Lipinski definition) is 4. The molecule has 5 heteroatoms. The summed E-state index contributed by atoms with van der Waals surface area (Å²) in [5.41, 5.74) is 1.17. The molecule has 3 rings (SSSR count). The number of hydrogen-bond donors (Lipinski definition) is 0. The van der Waals surface area contributed by atoms with Crippen molar-refractivity contribution in [1.29, 1.82) is 0 Å². The van der Waals surface area contributed by atoms with Gasteiger partial charge in [0.2, 0.25) is 0 Å². The maximum atomic E-state index is 4.40. The molecule has 2 aliphatic heterocycles. The first-order valence-corrected chi connectivity index (χ1v) is 10.1. The van der Waals surface area contributed by atoms with E-state index in [1.807, 2.05) is 0 Å². The van der Waals surface area contributed by atoms with Crippen LogP contribution in [-0.2, 0) is 6.42 Å². The Balaban J connectivity index is 1.43. The lowest BCUT2D eigenvalue weighted by atomic mass is 9.96. The average molecular weight is 334 g/mol. The summed E-state index contributed by atoms with van der Waals surface area (Å²) in [4.78, 5) is 5.31. The zero-order valence-corrected chi connectivity index (χ0v) is 15.7. The predicted molar refractivity (Wildman–Crippen MR) is 98.2 cm³/mol. The van der Waals surface area contributed by atoms with Crippen molar-refractivity contribution in [3.63, 3.8) is 0 Å². The molecule has 0 bridgehead atoms. The Morgan fingerprint density at radius 3 is 2.67 bits per heavy atom. The summed E-state index contributed by atoms with van der Waals surface area (Å²) >= 11 is 0. The summed E-state index contributed by atoms with van der Waals surface area (Å²) in [5, 5.41) is 8.75. The molecule has 136 valence electrons. The van der Waals surface area contributed by atoms with Gasteiger partial charge in [-0.2, -0.15) is 0 Å². The van der Waals surface area contributed by atoms with E-state index in [0.717, 1.165) is 12.3 Å². The average Bonchev–Trinajstić information content (AvgIpc) is 3.10. The Bertz CT molecular complexity index is 478. The summed E-state index contributed by atoms with van der Waals surface area (Å²) in [7, 11) is 0. The van der Waals surface area contributed by atoms with Gasteiger partial charge >= 0.3 is 0 Å². The van der Waals surface area contributed by atoms with Crippen LogP contribution in [-0.4, -0.2) is 64.1 Å². The fourth-order valence-electron chi connectivity index (χ4n) is 4.28. The summed E-state index contributed by atoms with van der Waals surface area (Å²) in [6.07, 6.45) is 11.0. The van der Waals surface area contributed by atoms with Crippen LogP contribution in [0.5, 0.6) is 0 Å². The molecule has 1 aromatic heterocycles. The van der Waals surface area contributed by atoms with Gasteiger partial charge in [-0.1, -0.05) is 25.5 Å². The minimum atomic E-state index is 0.558. The second-order valence-corrected chi connectivity index (χ2v) is 7.73. The van der Waals surface area contributed by atoms with Gasteiger partial charge in [-0.05, 0) is 57.5 Å². The van der Waals surface area contributed by atoms with Crippen LogP contribution in [0.2, 0.25) is 0 Å². The van der Waals surface area contributed by atoms with Gasteiger partial charge in [0, 0.05) is 32.4 Å². The van der Waals surface area contributed by atoms with Gasteiger partial charge in [0.1, 0.15) is 0 Å². The van der Waals surface area contributed by atoms with Crippen molar-refractivity contribution in [3.05, 3.63) is 11.9 Å². The van der Waals surface area contributed by atoms with E-state index in [-0.39, 0.29) is 0 Å². The van der Waals surface area contributed by atoms with E-state index >= 15 is 0 Å². The van der Waals surface area contributed by atoms with Crippen LogP contribution >= 0.6 is 0 Å². The smallest absolute Gasteiger partial charge is 0.0827 e. The lowest BCUT2D eigenvalue weighted by Crippen LogP contribution is -2.43. The van der Waals surface area contributed by atoms with Crippen LogP contribution in [0.15, 0.2) is 6.20 Å². The van der Waals surface area contributed by atoms with E-state index in [2.05, 4.69) is 44.8 Å². The molecule has 2 saturated heterocycles. The van der Waals surface area contributed by atoms with Crippen molar-refractivity contribution in [2.75, 3.05) is 39.3 Å². The van der Waals surface area contributed by atoms with Gasteiger partial charge in [0.05, 0.1) is 11.7 Å². The number of likely N-dealkylation sites (tertiary alicyclic amines) is 2. The van der Waals surface area contributed by atoms with Gasteiger partial charge in [0.25, 0.3) is 0 Å². The summed E-state index contributed by atoms with van der Waals surface area (Å²) in [6.45, 7) is 12.1. The number of piperidine rings is 2. The molecule has 1 aromatic rings. The van der Waals surface area contributed by atoms with Gasteiger partial charge in [-0.3, -0.25) is 0 Å². The monoisotopic (exact) mass is 333 g/mol. The molecular formula is C19H35N5. The Morgan fingerprint density at radius 1 is 1.08 bits per heavy atom. The maximum Gasteiger partial charge on any atom is 0.0827 e. The summed E-state index contributed by atoms with van der Waals surface area (Å²) < 4.78 is 2.14. The van der Waals surface area contributed by atoms with E-state index in [4.69, 9.17) is 0 Å². The van der Waals surface area contributed by atoms with Crippen LogP contribution in [0.3, 0.4) is 0 Å². The second-order valence-electron chi connectivity index (χ2n) is 7.73. The maximum absolute atomic E-state index is 4.40. The first-order valence-electron chi connectivity index (χ1n) is 10.1. The van der Waals surface area contributed by atoms with Gasteiger partial charge < -0.3 is 9.80 Å². The predicted octanol–water partition coefficient (Wildman–Crippen LogP) is 2.99. The Morgan fingerprint density at radius 2 is 1.92 bits per heavy atom. The van der Waals surface area contributed by atoms with Crippen molar-refractivity contribution in [2.45, 2.75) is 64.8 Å². The molecule has 0 amide bonds. The van der Waals surface area contributed by atoms with Crippen LogP contribution in [0.25, 0.3) is 0 Å². The molecular weight excluding hydrogens is 298 g/mol. The third kappa shape index (κ3) is 4.79.